The molecule has 0 bridgehead atoms. The summed E-state index contributed by atoms with van der Waals surface area (Å²) in [6.45, 7) is 2.64. The Morgan fingerprint density at radius 2 is 1.92 bits per heavy atom. The monoisotopic (exact) mass is 199 g/mol. The molecule has 0 atom stereocenters. The molecule has 0 unspecified atom stereocenters. The molecule has 0 amide bonds. The number of nitrogens with one attached hydrogen (secondary N) is 1. The lowest BCUT2D eigenvalue weighted by Gasteiger charge is -2.07. The molecular formula is C9H13NO2S. The van der Waals surface area contributed by atoms with Crippen LogP contribution in [0.4, 0.5) is 5.69 Å². The van der Waals surface area contributed by atoms with Gasteiger partial charge in [-0.05, 0) is 19.1 Å². The zero-order valence-electron chi connectivity index (χ0n) is 7.74. The lowest BCUT2D eigenvalue weighted by atomic mass is 10.3. The maximum atomic E-state index is 11.3. The summed E-state index contributed by atoms with van der Waals surface area (Å²) in [6, 6.07) is 6.90. The van der Waals surface area contributed by atoms with Crippen molar-refractivity contribution in [2.45, 2.75) is 11.8 Å². The van der Waals surface area contributed by atoms with Crippen LogP contribution >= 0.6 is 0 Å². The first-order valence-electron chi connectivity index (χ1n) is 4.08. The Hall–Kier alpha value is -1.03. The predicted octanol–water partition coefficient (Wildman–Crippen LogP) is 1.52. The summed E-state index contributed by atoms with van der Waals surface area (Å²) in [4.78, 5) is 0.358. The van der Waals surface area contributed by atoms with E-state index < -0.39 is 9.84 Å². The number of benzene rings is 1. The minimum atomic E-state index is -3.12. The van der Waals surface area contributed by atoms with Gasteiger partial charge in [-0.15, -0.1) is 0 Å². The van der Waals surface area contributed by atoms with Crippen LogP contribution in [-0.4, -0.2) is 21.2 Å². The fraction of sp³-hybridized carbons (Fsp3) is 0.333. The third kappa shape index (κ3) is 2.45. The minimum absolute atomic E-state index is 0.358. The van der Waals surface area contributed by atoms with Gasteiger partial charge in [0.1, 0.15) is 0 Å². The molecule has 3 nitrogen and oxygen atoms in total. The van der Waals surface area contributed by atoms with Crippen molar-refractivity contribution in [3.63, 3.8) is 0 Å². The third-order valence-electron chi connectivity index (χ3n) is 1.65. The Morgan fingerprint density at radius 3 is 2.46 bits per heavy atom. The van der Waals surface area contributed by atoms with Gasteiger partial charge in [-0.25, -0.2) is 8.42 Å². The van der Waals surface area contributed by atoms with Gasteiger partial charge in [-0.1, -0.05) is 12.1 Å². The van der Waals surface area contributed by atoms with Crippen LogP contribution in [0.2, 0.25) is 0 Å². The van der Waals surface area contributed by atoms with Crippen LogP contribution in [0, 0.1) is 0 Å². The third-order valence-corrected chi connectivity index (χ3v) is 2.81. The van der Waals surface area contributed by atoms with Crippen LogP contribution in [0.3, 0.4) is 0 Å². The van der Waals surface area contributed by atoms with Gasteiger partial charge in [0.05, 0.1) is 10.6 Å². The normalized spacial score (nSPS) is 11.2. The molecule has 0 fully saturated rings. The van der Waals surface area contributed by atoms with Crippen LogP contribution in [0.1, 0.15) is 6.92 Å². The number of anilines is 1. The van der Waals surface area contributed by atoms with Crippen LogP contribution in [0.25, 0.3) is 0 Å². The Bertz CT molecular complexity index is 384. The van der Waals surface area contributed by atoms with Gasteiger partial charge in [0.15, 0.2) is 9.84 Å². The number of sulfone groups is 1. The molecule has 0 aliphatic rings. The van der Waals surface area contributed by atoms with Crippen molar-refractivity contribution in [1.29, 1.82) is 0 Å². The van der Waals surface area contributed by atoms with Gasteiger partial charge in [0, 0.05) is 12.8 Å². The quantitative estimate of drug-likeness (QED) is 0.802. The number of para-hydroxylation sites is 1. The summed E-state index contributed by atoms with van der Waals surface area (Å²) in [7, 11) is -3.12. The largest absolute Gasteiger partial charge is 0.384 e. The van der Waals surface area contributed by atoms with E-state index in [9.17, 15) is 8.42 Å². The van der Waals surface area contributed by atoms with Gasteiger partial charge in [-0.3, -0.25) is 0 Å². The predicted molar refractivity (Wildman–Crippen MR) is 53.7 cm³/mol. The fourth-order valence-corrected chi connectivity index (χ4v) is 1.99. The average Bonchev–Trinajstić information content (AvgIpc) is 2.04. The molecular weight excluding hydrogens is 186 g/mol. The first kappa shape index (κ1) is 10.1. The van der Waals surface area contributed by atoms with Crippen LogP contribution in [0.15, 0.2) is 29.2 Å². The molecule has 4 heteroatoms. The first-order chi connectivity index (χ1) is 6.05. The number of rotatable bonds is 3. The highest BCUT2D eigenvalue weighted by atomic mass is 32.2. The van der Waals surface area contributed by atoms with Crippen molar-refractivity contribution in [3.05, 3.63) is 24.3 Å². The van der Waals surface area contributed by atoms with E-state index in [1.54, 1.807) is 18.2 Å². The van der Waals surface area contributed by atoms with E-state index in [4.69, 9.17) is 0 Å². The summed E-state index contributed by atoms with van der Waals surface area (Å²) in [5, 5.41) is 3.00. The van der Waals surface area contributed by atoms with Crippen molar-refractivity contribution in [2.24, 2.45) is 0 Å². The average molecular weight is 199 g/mol. The van der Waals surface area contributed by atoms with Gasteiger partial charge in [0.2, 0.25) is 0 Å². The zero-order chi connectivity index (χ0) is 9.90. The van der Waals surface area contributed by atoms with E-state index in [0.717, 1.165) is 0 Å². The number of hydrogen-bond acceptors (Lipinski definition) is 3. The summed E-state index contributed by atoms with van der Waals surface area (Å²) in [6.07, 6.45) is 1.21. The molecule has 0 spiro atoms. The lowest BCUT2D eigenvalue weighted by Crippen LogP contribution is -2.04. The second kappa shape index (κ2) is 3.79. The molecule has 0 aliphatic heterocycles. The van der Waals surface area contributed by atoms with Gasteiger partial charge in [-0.2, -0.15) is 0 Å². The molecule has 1 rings (SSSR count). The highest BCUT2D eigenvalue weighted by Crippen LogP contribution is 2.19. The molecule has 1 N–H and O–H groups in total. The van der Waals surface area contributed by atoms with E-state index in [2.05, 4.69) is 5.32 Å². The molecule has 0 aromatic heterocycles. The summed E-state index contributed by atoms with van der Waals surface area (Å²) < 4.78 is 22.6. The molecule has 0 heterocycles. The highest BCUT2D eigenvalue weighted by molar-refractivity contribution is 7.90. The van der Waals surface area contributed by atoms with E-state index >= 15 is 0 Å². The summed E-state index contributed by atoms with van der Waals surface area (Å²) >= 11 is 0. The van der Waals surface area contributed by atoms with Crippen molar-refractivity contribution in [1.82, 2.24) is 0 Å². The number of hydrogen-bond donors (Lipinski definition) is 1. The molecule has 13 heavy (non-hydrogen) atoms. The van der Waals surface area contributed by atoms with Crippen molar-refractivity contribution < 1.29 is 8.42 Å². The Balaban J connectivity index is 3.20. The topological polar surface area (TPSA) is 46.2 Å². The van der Waals surface area contributed by atoms with Crippen LogP contribution in [-0.2, 0) is 9.84 Å². The Labute approximate surface area is 78.7 Å². The van der Waals surface area contributed by atoms with E-state index in [1.165, 1.54) is 6.26 Å². The molecule has 72 valence electrons. The van der Waals surface area contributed by atoms with Crippen LogP contribution in [0.5, 0.6) is 0 Å². The van der Waals surface area contributed by atoms with E-state index in [-0.39, 0.29) is 0 Å². The standard InChI is InChI=1S/C9H13NO2S/c1-3-10-8-6-4-5-7-9(8)13(2,11)12/h4-7,10H,3H2,1-2H3. The smallest absolute Gasteiger partial charge is 0.177 e. The molecule has 0 saturated carbocycles. The lowest BCUT2D eigenvalue weighted by molar-refractivity contribution is 0.602. The summed E-state index contributed by atoms with van der Waals surface area (Å²) in [5.74, 6) is 0. The Kier molecular flexibility index (Phi) is 2.93. The van der Waals surface area contributed by atoms with E-state index in [1.807, 2.05) is 13.0 Å². The fourth-order valence-electron chi connectivity index (χ4n) is 1.13. The van der Waals surface area contributed by atoms with E-state index in [0.29, 0.717) is 17.1 Å². The Morgan fingerprint density at radius 1 is 1.31 bits per heavy atom. The van der Waals surface area contributed by atoms with Crippen molar-refractivity contribution in [3.8, 4) is 0 Å². The van der Waals surface area contributed by atoms with Gasteiger partial charge < -0.3 is 5.32 Å². The van der Waals surface area contributed by atoms with Crippen LogP contribution < -0.4 is 5.32 Å². The second-order valence-electron chi connectivity index (χ2n) is 2.80. The van der Waals surface area contributed by atoms with Gasteiger partial charge in [0.25, 0.3) is 0 Å². The van der Waals surface area contributed by atoms with Gasteiger partial charge >= 0.3 is 0 Å². The molecule has 0 radical (unpaired) electrons. The first-order valence-corrected chi connectivity index (χ1v) is 5.98. The maximum Gasteiger partial charge on any atom is 0.177 e. The SMILES string of the molecule is CCNc1ccccc1S(C)(=O)=O. The maximum absolute atomic E-state index is 11.3. The molecule has 0 saturated heterocycles. The summed E-state index contributed by atoms with van der Waals surface area (Å²) in [5.41, 5.74) is 0.674. The molecule has 0 aliphatic carbocycles. The zero-order valence-corrected chi connectivity index (χ0v) is 8.56. The molecule has 1 aromatic rings. The van der Waals surface area contributed by atoms with Crippen molar-refractivity contribution in [2.75, 3.05) is 18.1 Å². The second-order valence-corrected chi connectivity index (χ2v) is 4.78. The molecule has 1 aromatic carbocycles. The van der Waals surface area contributed by atoms with Crippen molar-refractivity contribution >= 4 is 15.5 Å². The highest BCUT2D eigenvalue weighted by Gasteiger charge is 2.10. The minimum Gasteiger partial charge on any atom is -0.384 e.